The predicted octanol–water partition coefficient (Wildman–Crippen LogP) is 4.02. The number of aromatic nitrogens is 2. The monoisotopic (exact) mass is 460 g/mol. The number of sulfone groups is 1. The highest BCUT2D eigenvalue weighted by Crippen LogP contribution is 2.29. The Kier molecular flexibility index (Phi) is 6.27. The van der Waals surface area contributed by atoms with Crippen LogP contribution in [0.25, 0.3) is 11.1 Å². The van der Waals surface area contributed by atoms with Gasteiger partial charge in [-0.1, -0.05) is 6.07 Å². The highest BCUT2D eigenvalue weighted by Gasteiger charge is 2.33. The van der Waals surface area contributed by atoms with Crippen molar-refractivity contribution in [3.05, 3.63) is 71.8 Å². The third kappa shape index (κ3) is 5.09. The lowest BCUT2D eigenvalue weighted by molar-refractivity contribution is -0.141. The van der Waals surface area contributed by atoms with E-state index in [1.165, 1.54) is 12.3 Å². The lowest BCUT2D eigenvalue weighted by atomic mass is 10.0. The van der Waals surface area contributed by atoms with E-state index in [0.717, 1.165) is 24.0 Å². The molecule has 0 bridgehead atoms. The fourth-order valence-electron chi connectivity index (χ4n) is 2.85. The maximum Gasteiger partial charge on any atom is 0.433 e. The summed E-state index contributed by atoms with van der Waals surface area (Å²) in [5.74, 6) is -1.46. The number of hydrogen-bond acceptors (Lipinski definition) is 6. The summed E-state index contributed by atoms with van der Waals surface area (Å²) in [6.07, 6.45) is -1.22. The predicted molar refractivity (Wildman–Crippen MR) is 109 cm³/mol. The molecule has 0 saturated carbocycles. The Labute approximate surface area is 181 Å². The van der Waals surface area contributed by atoms with Gasteiger partial charge in [0.15, 0.2) is 9.84 Å². The highest BCUT2D eigenvalue weighted by atomic mass is 32.2. The Morgan fingerprint density at radius 1 is 1.16 bits per heavy atom. The number of aryl methyl sites for hydroxylation is 1. The summed E-state index contributed by atoms with van der Waals surface area (Å²) in [5.41, 5.74) is 0.599. The summed E-state index contributed by atoms with van der Waals surface area (Å²) in [5, 5.41) is 11.2. The fraction of sp³-hybridized carbons (Fsp3) is 0.143. The molecule has 2 heterocycles. The van der Waals surface area contributed by atoms with Crippen LogP contribution in [0.2, 0.25) is 0 Å². The SMILES string of the molecule is Cc1ccc(NC(=O)c2ccnc(C(F)(F)F)c2)cc1-c1cncc(S(=O)(=O)CC#N)c1. The number of nitriles is 1. The molecule has 0 spiro atoms. The second-order valence-corrected chi connectivity index (χ2v) is 8.73. The number of carbonyl (C=O) groups is 1. The lowest BCUT2D eigenvalue weighted by Gasteiger charge is -2.12. The topological polar surface area (TPSA) is 113 Å². The van der Waals surface area contributed by atoms with E-state index in [4.69, 9.17) is 5.26 Å². The molecule has 0 radical (unpaired) electrons. The molecular formula is C21H15F3N4O3S. The van der Waals surface area contributed by atoms with Crippen LogP contribution in [0, 0.1) is 18.3 Å². The molecule has 3 rings (SSSR count). The molecule has 0 unspecified atom stereocenters. The third-order valence-electron chi connectivity index (χ3n) is 4.45. The Morgan fingerprint density at radius 3 is 2.59 bits per heavy atom. The van der Waals surface area contributed by atoms with Crippen LogP contribution in [0.5, 0.6) is 0 Å². The van der Waals surface area contributed by atoms with Gasteiger partial charge in [0.2, 0.25) is 0 Å². The maximum atomic E-state index is 12.8. The molecule has 1 aromatic carbocycles. The Hall–Kier alpha value is -3.78. The van der Waals surface area contributed by atoms with Crippen LogP contribution >= 0.6 is 0 Å². The van der Waals surface area contributed by atoms with Crippen molar-refractivity contribution < 1.29 is 26.4 Å². The molecular weight excluding hydrogens is 445 g/mol. The van der Waals surface area contributed by atoms with Crippen molar-refractivity contribution in [1.82, 2.24) is 9.97 Å². The zero-order chi connectivity index (χ0) is 23.5. The molecule has 0 fully saturated rings. The number of nitrogens with zero attached hydrogens (tertiary/aromatic N) is 3. The first kappa shape index (κ1) is 22.9. The molecule has 2 aromatic heterocycles. The van der Waals surface area contributed by atoms with Gasteiger partial charge in [0.05, 0.1) is 11.0 Å². The highest BCUT2D eigenvalue weighted by molar-refractivity contribution is 7.91. The number of carbonyl (C=O) groups excluding carboxylic acids is 1. The molecule has 7 nitrogen and oxygen atoms in total. The molecule has 0 aliphatic rings. The minimum absolute atomic E-state index is 0.123. The van der Waals surface area contributed by atoms with Crippen LogP contribution in [0.4, 0.5) is 18.9 Å². The van der Waals surface area contributed by atoms with E-state index >= 15 is 0 Å². The van der Waals surface area contributed by atoms with Crippen molar-refractivity contribution in [2.75, 3.05) is 11.1 Å². The van der Waals surface area contributed by atoms with E-state index < -0.39 is 33.4 Å². The van der Waals surface area contributed by atoms with Crippen LogP contribution in [0.15, 0.2) is 59.9 Å². The molecule has 164 valence electrons. The smallest absolute Gasteiger partial charge is 0.322 e. The number of benzene rings is 1. The average Bonchev–Trinajstić information content (AvgIpc) is 2.74. The first-order valence-corrected chi connectivity index (χ1v) is 10.7. The van der Waals surface area contributed by atoms with Gasteiger partial charge >= 0.3 is 6.18 Å². The molecule has 1 N–H and O–H groups in total. The zero-order valence-electron chi connectivity index (χ0n) is 16.5. The molecule has 0 atom stereocenters. The van der Waals surface area contributed by atoms with Crippen molar-refractivity contribution in [3.63, 3.8) is 0 Å². The Balaban J connectivity index is 1.92. The Morgan fingerprint density at radius 2 is 1.91 bits per heavy atom. The van der Waals surface area contributed by atoms with Crippen LogP contribution in [-0.2, 0) is 16.0 Å². The summed E-state index contributed by atoms with van der Waals surface area (Å²) >= 11 is 0. The van der Waals surface area contributed by atoms with Crippen LogP contribution in [0.3, 0.4) is 0 Å². The summed E-state index contributed by atoms with van der Waals surface area (Å²) in [7, 11) is -3.83. The second kappa shape index (κ2) is 8.76. The molecule has 32 heavy (non-hydrogen) atoms. The van der Waals surface area contributed by atoms with E-state index in [1.807, 2.05) is 0 Å². The fourth-order valence-corrected chi connectivity index (χ4v) is 3.71. The quantitative estimate of drug-likeness (QED) is 0.615. The van der Waals surface area contributed by atoms with Gasteiger partial charge in [-0.2, -0.15) is 18.4 Å². The minimum atomic E-state index is -4.68. The molecule has 3 aromatic rings. The standard InChI is InChI=1S/C21H15F3N4O3S/c1-13-2-3-16(28-20(29)14-4-6-27-19(9-14)21(22,23)24)10-18(13)15-8-17(12-26-11-15)32(30,31)7-5-25/h2-4,6,8-12H,7H2,1H3,(H,28,29). The van der Waals surface area contributed by atoms with Crippen LogP contribution in [-0.4, -0.2) is 30.0 Å². The number of alkyl halides is 3. The van der Waals surface area contributed by atoms with Crippen molar-refractivity contribution in [2.45, 2.75) is 18.0 Å². The van der Waals surface area contributed by atoms with Crippen molar-refractivity contribution >= 4 is 21.4 Å². The van der Waals surface area contributed by atoms with Gasteiger partial charge in [-0.25, -0.2) is 8.42 Å². The number of nitrogens with one attached hydrogen (secondary N) is 1. The largest absolute Gasteiger partial charge is 0.433 e. The number of rotatable bonds is 5. The van der Waals surface area contributed by atoms with Crippen LogP contribution in [0.1, 0.15) is 21.6 Å². The summed E-state index contributed by atoms with van der Waals surface area (Å²) < 4.78 is 62.9. The van der Waals surface area contributed by atoms with Crippen molar-refractivity contribution in [3.8, 4) is 17.2 Å². The van der Waals surface area contributed by atoms with E-state index in [0.29, 0.717) is 17.2 Å². The number of anilines is 1. The molecule has 0 aliphatic carbocycles. The number of halogens is 3. The lowest BCUT2D eigenvalue weighted by Crippen LogP contribution is -2.15. The van der Waals surface area contributed by atoms with Crippen molar-refractivity contribution in [2.24, 2.45) is 0 Å². The van der Waals surface area contributed by atoms with E-state index in [1.54, 1.807) is 31.2 Å². The normalized spacial score (nSPS) is 11.6. The molecule has 0 aliphatic heterocycles. The van der Waals surface area contributed by atoms with Gasteiger partial charge in [0.25, 0.3) is 5.91 Å². The minimum Gasteiger partial charge on any atom is -0.322 e. The third-order valence-corrected chi connectivity index (χ3v) is 5.90. The van der Waals surface area contributed by atoms with Crippen LogP contribution < -0.4 is 5.32 Å². The van der Waals surface area contributed by atoms with E-state index in [-0.39, 0.29) is 16.1 Å². The van der Waals surface area contributed by atoms with E-state index in [9.17, 15) is 26.4 Å². The maximum absolute atomic E-state index is 12.8. The van der Waals surface area contributed by atoms with Crippen molar-refractivity contribution in [1.29, 1.82) is 5.26 Å². The second-order valence-electron chi connectivity index (χ2n) is 6.74. The molecule has 11 heteroatoms. The van der Waals surface area contributed by atoms with E-state index in [2.05, 4.69) is 15.3 Å². The average molecular weight is 460 g/mol. The van der Waals surface area contributed by atoms with Gasteiger partial charge < -0.3 is 5.32 Å². The number of hydrogen-bond donors (Lipinski definition) is 1. The van der Waals surface area contributed by atoms with Gasteiger partial charge in [0.1, 0.15) is 11.4 Å². The van der Waals surface area contributed by atoms with Gasteiger partial charge in [-0.05, 0) is 48.4 Å². The van der Waals surface area contributed by atoms with Gasteiger partial charge in [-0.3, -0.25) is 14.8 Å². The summed E-state index contributed by atoms with van der Waals surface area (Å²) in [6.45, 7) is 1.76. The number of pyridine rings is 2. The van der Waals surface area contributed by atoms with Gasteiger partial charge in [0, 0.05) is 35.4 Å². The Bertz CT molecular complexity index is 1330. The summed E-state index contributed by atoms with van der Waals surface area (Å²) in [4.78, 5) is 19.5. The number of amides is 1. The van der Waals surface area contributed by atoms with Gasteiger partial charge in [-0.15, -0.1) is 0 Å². The first-order valence-electron chi connectivity index (χ1n) is 9.01. The molecule has 1 amide bonds. The zero-order valence-corrected chi connectivity index (χ0v) is 17.3. The summed E-state index contributed by atoms with van der Waals surface area (Å²) in [6, 6.07) is 9.55. The first-order chi connectivity index (χ1) is 15.0. The molecule has 0 saturated heterocycles.